The summed E-state index contributed by atoms with van der Waals surface area (Å²) in [6, 6.07) is 4.84. The number of alkyl halides is 10. The van der Waals surface area contributed by atoms with Crippen molar-refractivity contribution in [2.75, 3.05) is 19.9 Å². The summed E-state index contributed by atoms with van der Waals surface area (Å²) in [5, 5.41) is 12.2. The Labute approximate surface area is 360 Å². The van der Waals surface area contributed by atoms with E-state index in [2.05, 4.69) is 9.84 Å². The van der Waals surface area contributed by atoms with Crippen LogP contribution in [0.15, 0.2) is 42.7 Å². The van der Waals surface area contributed by atoms with E-state index in [1.54, 1.807) is 20.8 Å². The monoisotopic (exact) mass is 950 g/mol. The first kappa shape index (κ1) is 50.1. The van der Waals surface area contributed by atoms with Gasteiger partial charge in [-0.1, -0.05) is 29.3 Å². The van der Waals surface area contributed by atoms with Gasteiger partial charge >= 0.3 is 42.5 Å². The number of amides is 1. The summed E-state index contributed by atoms with van der Waals surface area (Å²) in [7, 11) is 0. The fourth-order valence-electron chi connectivity index (χ4n) is 5.57. The van der Waals surface area contributed by atoms with Crippen molar-refractivity contribution in [2.45, 2.75) is 89.4 Å². The predicted octanol–water partition coefficient (Wildman–Crippen LogP) is 9.94. The fraction of sp³-hybridized carbons (Fsp3) is 0.474. The Morgan fingerprint density at radius 3 is 1.98 bits per heavy atom. The van der Waals surface area contributed by atoms with Gasteiger partial charge in [0.1, 0.15) is 30.0 Å². The van der Waals surface area contributed by atoms with E-state index in [1.807, 2.05) is 6.07 Å². The van der Waals surface area contributed by atoms with Gasteiger partial charge in [0.05, 0.1) is 39.7 Å². The smallest absolute Gasteiger partial charge is 0.462 e. The van der Waals surface area contributed by atoms with Gasteiger partial charge in [-0.25, -0.2) is 13.9 Å². The molecule has 4 rings (SSSR count). The van der Waals surface area contributed by atoms with Gasteiger partial charge in [-0.15, -0.1) is 13.2 Å². The minimum Gasteiger partial charge on any atom is -0.462 e. The lowest BCUT2D eigenvalue weighted by Gasteiger charge is -2.31. The van der Waals surface area contributed by atoms with E-state index < -0.39 is 113 Å². The molecule has 1 aromatic heterocycles. The largest absolute Gasteiger partial charge is 0.573 e. The zero-order valence-corrected chi connectivity index (χ0v) is 34.8. The van der Waals surface area contributed by atoms with Crippen molar-refractivity contribution in [3.63, 3.8) is 0 Å². The van der Waals surface area contributed by atoms with E-state index >= 15 is 0 Å². The highest BCUT2D eigenvalue weighted by atomic mass is 35.5. The number of halogens is 12. The summed E-state index contributed by atoms with van der Waals surface area (Å²) in [5.74, 6) is -4.24. The molecular weight excluding hydrogens is 917 g/mol. The maximum absolute atomic E-state index is 14.9. The highest BCUT2D eigenvalue weighted by molar-refractivity contribution is 6.34. The molecule has 63 heavy (non-hydrogen) atoms. The molecular formula is C38H34Cl2F10N4O9. The number of ether oxygens (including phenoxy) is 5. The molecule has 1 saturated carbocycles. The summed E-state index contributed by atoms with van der Waals surface area (Å²) in [6.07, 6.45) is -18.8. The van der Waals surface area contributed by atoms with Crippen molar-refractivity contribution in [3.05, 3.63) is 63.9 Å². The maximum Gasteiger partial charge on any atom is 0.573 e. The van der Waals surface area contributed by atoms with Gasteiger partial charge in [0.15, 0.2) is 12.5 Å². The number of carbonyl (C=O) groups excluding carboxylic acids is 4. The minimum atomic E-state index is -6.71. The molecule has 0 aliphatic heterocycles. The van der Waals surface area contributed by atoms with Gasteiger partial charge in [-0.2, -0.15) is 36.7 Å². The van der Waals surface area contributed by atoms with Crippen LogP contribution < -0.4 is 4.74 Å². The van der Waals surface area contributed by atoms with Crippen molar-refractivity contribution >= 4 is 47.2 Å². The number of hydrogen-bond acceptors (Lipinski definition) is 11. The number of nitriles is 1. The number of carbonyl (C=O) groups is 4. The number of esters is 2. The maximum atomic E-state index is 14.9. The van der Waals surface area contributed by atoms with Crippen LogP contribution in [0.25, 0.3) is 16.8 Å². The molecule has 1 fully saturated rings. The van der Waals surface area contributed by atoms with Crippen molar-refractivity contribution in [1.82, 2.24) is 14.7 Å². The predicted molar refractivity (Wildman–Crippen MR) is 197 cm³/mol. The van der Waals surface area contributed by atoms with Gasteiger partial charge in [-0.05, 0) is 77.3 Å². The Balaban J connectivity index is 1.53. The Hall–Kier alpha value is -5.50. The Kier molecular flexibility index (Phi) is 14.3. The zero-order valence-electron chi connectivity index (χ0n) is 33.3. The third-order valence-corrected chi connectivity index (χ3v) is 9.50. The van der Waals surface area contributed by atoms with E-state index in [0.29, 0.717) is 4.68 Å². The van der Waals surface area contributed by atoms with Crippen LogP contribution in [0.5, 0.6) is 5.75 Å². The molecule has 0 atom stereocenters. The fourth-order valence-corrected chi connectivity index (χ4v) is 6.07. The first-order valence-corrected chi connectivity index (χ1v) is 18.7. The number of aromatic nitrogens is 2. The van der Waals surface area contributed by atoms with Gasteiger partial charge in [0, 0.05) is 17.3 Å². The molecule has 0 N–H and O–H groups in total. The second-order valence-electron chi connectivity index (χ2n) is 15.4. The van der Waals surface area contributed by atoms with E-state index in [9.17, 15) is 68.3 Å². The van der Waals surface area contributed by atoms with Crippen LogP contribution in [0.1, 0.15) is 69.8 Å². The van der Waals surface area contributed by atoms with E-state index in [1.165, 1.54) is 26.0 Å². The lowest BCUT2D eigenvalue weighted by molar-refractivity contribution is -0.348. The number of hydrogen-bond donors (Lipinski definition) is 0. The Morgan fingerprint density at radius 2 is 1.44 bits per heavy atom. The van der Waals surface area contributed by atoms with Gasteiger partial charge in [0.25, 0.3) is 5.91 Å². The van der Waals surface area contributed by atoms with Crippen LogP contribution in [0.2, 0.25) is 10.0 Å². The van der Waals surface area contributed by atoms with Crippen LogP contribution in [0.3, 0.4) is 0 Å². The Bertz CT molecular complexity index is 2270. The second kappa shape index (κ2) is 17.9. The minimum absolute atomic E-state index is 0.0167. The third-order valence-electron chi connectivity index (χ3n) is 8.88. The standard InChI is InChI=1S/C38H34Cl2F10N4O9/c1-32(2,3)63-30(57)33(4,5)15-27(55)59-10-11-60-31(58)61-19-53(34(18-51)8-9-34)29(56)23-12-20(6-7-24(23)39)21-16-52-54(17-21)28-25(40)13-22(14-26(28)62-38(48,49)50)35(41,36(42,43)44)37(45,46)47/h6-7,12-14,16-17H,8-11,15,19H2,1-5H3. The van der Waals surface area contributed by atoms with E-state index in [-0.39, 0.29) is 47.0 Å². The quantitative estimate of drug-likeness (QED) is 0.0498. The average molecular weight is 952 g/mol. The van der Waals surface area contributed by atoms with Crippen molar-refractivity contribution in [2.24, 2.45) is 5.41 Å². The lowest BCUT2D eigenvalue weighted by atomic mass is 9.89. The zero-order chi connectivity index (χ0) is 47.7. The summed E-state index contributed by atoms with van der Waals surface area (Å²) in [5.41, 5.74) is -13.5. The molecule has 3 aromatic rings. The summed E-state index contributed by atoms with van der Waals surface area (Å²) < 4.78 is 160. The molecule has 25 heteroatoms. The third kappa shape index (κ3) is 11.8. The molecule has 0 saturated heterocycles. The van der Waals surface area contributed by atoms with E-state index in [0.717, 1.165) is 23.4 Å². The Morgan fingerprint density at radius 1 is 0.841 bits per heavy atom. The highest BCUT2D eigenvalue weighted by Gasteiger charge is 2.73. The van der Waals surface area contributed by atoms with Crippen LogP contribution in [-0.2, 0) is 34.2 Å². The highest BCUT2D eigenvalue weighted by Crippen LogP contribution is 2.55. The molecule has 0 unspecified atom stereocenters. The van der Waals surface area contributed by atoms with Crippen LogP contribution >= 0.6 is 23.2 Å². The molecule has 1 aliphatic rings. The first-order valence-electron chi connectivity index (χ1n) is 17.9. The summed E-state index contributed by atoms with van der Waals surface area (Å²) in [4.78, 5) is 51.9. The number of benzene rings is 2. The molecule has 0 spiro atoms. The molecule has 1 amide bonds. The van der Waals surface area contributed by atoms with E-state index in [4.69, 9.17) is 42.1 Å². The van der Waals surface area contributed by atoms with Crippen molar-refractivity contribution in [1.29, 1.82) is 5.26 Å². The second-order valence-corrected chi connectivity index (χ2v) is 16.2. The van der Waals surface area contributed by atoms with Gasteiger partial charge in [-0.3, -0.25) is 19.3 Å². The molecule has 344 valence electrons. The lowest BCUT2D eigenvalue weighted by Crippen LogP contribution is -2.50. The topological polar surface area (TPSA) is 159 Å². The number of nitrogens with zero attached hydrogens (tertiary/aromatic N) is 4. The molecule has 2 aromatic carbocycles. The summed E-state index contributed by atoms with van der Waals surface area (Å²) >= 11 is 12.2. The first-order chi connectivity index (χ1) is 28.7. The van der Waals surface area contributed by atoms with Gasteiger partial charge < -0.3 is 23.7 Å². The van der Waals surface area contributed by atoms with Crippen molar-refractivity contribution < 1.29 is 86.8 Å². The van der Waals surface area contributed by atoms with Crippen molar-refractivity contribution in [3.8, 4) is 28.6 Å². The SMILES string of the molecule is CC(C)(C)OC(=O)C(C)(C)CC(=O)OCCOC(=O)OCN(C(=O)c1cc(-c2cnn(-c3c(Cl)cc(C(F)(C(F)(F)F)C(F)(F)F)cc3OC(F)(F)F)c2)ccc1Cl)C1(C#N)CC1. The molecule has 1 heterocycles. The molecule has 0 radical (unpaired) electrons. The number of rotatable bonds is 14. The molecule has 0 bridgehead atoms. The van der Waals surface area contributed by atoms with Gasteiger partial charge in [0.2, 0.25) is 0 Å². The average Bonchev–Trinajstić information content (AvgIpc) is 3.77. The molecule has 13 nitrogen and oxygen atoms in total. The molecule has 1 aliphatic carbocycles. The van der Waals surface area contributed by atoms with Crippen LogP contribution in [-0.4, -0.2) is 88.5 Å². The van der Waals surface area contributed by atoms with Crippen LogP contribution in [0.4, 0.5) is 48.7 Å². The normalized spacial score (nSPS) is 14.3. The summed E-state index contributed by atoms with van der Waals surface area (Å²) in [6.45, 7) is 6.07. The van der Waals surface area contributed by atoms with Crippen LogP contribution in [0, 0.1) is 16.7 Å².